The van der Waals surface area contributed by atoms with Gasteiger partial charge in [0.15, 0.2) is 0 Å². The summed E-state index contributed by atoms with van der Waals surface area (Å²) in [4.78, 5) is 5.21. The molecule has 2 fully saturated rings. The average molecular weight is 417 g/mol. The second kappa shape index (κ2) is 9.91. The average Bonchev–Trinajstić information content (AvgIpc) is 2.66. The molecule has 0 spiro atoms. The van der Waals surface area contributed by atoms with E-state index in [1.165, 1.54) is 43.5 Å². The molecule has 2 aliphatic rings. The third-order valence-corrected chi connectivity index (χ3v) is 6.81. The fourth-order valence-electron chi connectivity index (χ4n) is 6.07. The van der Waals surface area contributed by atoms with Crippen LogP contribution >= 0.6 is 0 Å². The molecule has 30 heavy (non-hydrogen) atoms. The normalized spacial score (nSPS) is 22.3. The molecule has 170 valence electrons. The molecule has 1 aliphatic heterocycles. The van der Waals surface area contributed by atoms with Crippen molar-refractivity contribution in [1.82, 2.24) is 4.90 Å². The van der Waals surface area contributed by atoms with E-state index in [1.807, 2.05) is 0 Å². The fourth-order valence-corrected chi connectivity index (χ4v) is 6.07. The van der Waals surface area contributed by atoms with E-state index < -0.39 is 0 Å². The lowest BCUT2D eigenvalue weighted by atomic mass is 9.60. The van der Waals surface area contributed by atoms with Crippen LogP contribution in [0.3, 0.4) is 0 Å². The molecule has 1 saturated carbocycles. The number of anilines is 1. The predicted molar refractivity (Wildman–Crippen MR) is 127 cm³/mol. The fraction of sp³-hybridized carbons (Fsp3) is 0.769. The van der Waals surface area contributed by atoms with E-state index >= 15 is 0 Å². The van der Waals surface area contributed by atoms with Gasteiger partial charge in [-0.05, 0) is 60.6 Å². The SMILES string of the molecule is CCCN1CCN(c2cc(OCCOC)ccc2C2CC(C)(C)CC(C)(C)C2)CC1. The topological polar surface area (TPSA) is 24.9 Å². The van der Waals surface area contributed by atoms with Crippen LogP contribution in [0.4, 0.5) is 5.69 Å². The highest BCUT2D eigenvalue weighted by molar-refractivity contribution is 5.59. The lowest BCUT2D eigenvalue weighted by molar-refractivity contribution is 0.0969. The van der Waals surface area contributed by atoms with Crippen molar-refractivity contribution in [3.8, 4) is 5.75 Å². The minimum Gasteiger partial charge on any atom is -0.491 e. The number of rotatable bonds is 8. The Hall–Kier alpha value is -1.26. The summed E-state index contributed by atoms with van der Waals surface area (Å²) in [5.41, 5.74) is 3.70. The zero-order valence-corrected chi connectivity index (χ0v) is 20.3. The van der Waals surface area contributed by atoms with Crippen LogP contribution in [0, 0.1) is 10.8 Å². The van der Waals surface area contributed by atoms with Gasteiger partial charge in [-0.3, -0.25) is 4.90 Å². The molecule has 0 amide bonds. The molecule has 0 atom stereocenters. The van der Waals surface area contributed by atoms with E-state index in [-0.39, 0.29) is 0 Å². The maximum absolute atomic E-state index is 6.00. The van der Waals surface area contributed by atoms with Crippen molar-refractivity contribution < 1.29 is 9.47 Å². The summed E-state index contributed by atoms with van der Waals surface area (Å²) in [5.74, 6) is 1.58. The summed E-state index contributed by atoms with van der Waals surface area (Å²) in [6.07, 6.45) is 5.08. The molecule has 1 heterocycles. The third-order valence-electron chi connectivity index (χ3n) is 6.81. The van der Waals surface area contributed by atoms with Gasteiger partial charge >= 0.3 is 0 Å². The Kier molecular flexibility index (Phi) is 7.73. The van der Waals surface area contributed by atoms with Gasteiger partial charge in [0.1, 0.15) is 12.4 Å². The number of nitrogens with zero attached hydrogens (tertiary/aromatic N) is 2. The van der Waals surface area contributed by atoms with E-state index in [9.17, 15) is 0 Å². The second-order valence-corrected chi connectivity index (χ2v) is 11.0. The van der Waals surface area contributed by atoms with Crippen molar-refractivity contribution in [1.29, 1.82) is 0 Å². The maximum atomic E-state index is 6.00. The van der Waals surface area contributed by atoms with E-state index in [0.717, 1.165) is 31.9 Å². The molecule has 1 aromatic carbocycles. The van der Waals surface area contributed by atoms with Crippen LogP contribution in [0.1, 0.15) is 71.8 Å². The lowest BCUT2D eigenvalue weighted by Crippen LogP contribution is -2.47. The Labute approximate surface area is 184 Å². The molecule has 0 unspecified atom stereocenters. The first-order chi connectivity index (χ1) is 14.2. The smallest absolute Gasteiger partial charge is 0.121 e. The van der Waals surface area contributed by atoms with Gasteiger partial charge in [0.2, 0.25) is 0 Å². The van der Waals surface area contributed by atoms with Crippen LogP contribution in [0.5, 0.6) is 5.75 Å². The van der Waals surface area contributed by atoms with Crippen LogP contribution in [-0.4, -0.2) is 57.9 Å². The summed E-state index contributed by atoms with van der Waals surface area (Å²) in [6, 6.07) is 6.84. The van der Waals surface area contributed by atoms with Crippen LogP contribution < -0.4 is 9.64 Å². The number of piperazine rings is 1. The first-order valence-electron chi connectivity index (χ1n) is 12.0. The highest BCUT2D eigenvalue weighted by atomic mass is 16.5. The molecule has 1 saturated heterocycles. The van der Waals surface area contributed by atoms with Crippen molar-refractivity contribution in [2.45, 2.75) is 66.2 Å². The van der Waals surface area contributed by atoms with Gasteiger partial charge in [-0.15, -0.1) is 0 Å². The Morgan fingerprint density at radius 1 is 0.967 bits per heavy atom. The van der Waals surface area contributed by atoms with E-state index in [1.54, 1.807) is 7.11 Å². The molecule has 1 aliphatic carbocycles. The number of ether oxygens (including phenoxy) is 2. The zero-order valence-electron chi connectivity index (χ0n) is 20.3. The Morgan fingerprint density at radius 2 is 1.63 bits per heavy atom. The number of hydrogen-bond acceptors (Lipinski definition) is 4. The van der Waals surface area contributed by atoms with Crippen molar-refractivity contribution in [2.24, 2.45) is 10.8 Å². The lowest BCUT2D eigenvalue weighted by Gasteiger charge is -2.46. The third kappa shape index (κ3) is 6.13. The summed E-state index contributed by atoms with van der Waals surface area (Å²) >= 11 is 0. The summed E-state index contributed by atoms with van der Waals surface area (Å²) in [6.45, 7) is 19.0. The van der Waals surface area contributed by atoms with Crippen molar-refractivity contribution >= 4 is 5.69 Å². The summed E-state index contributed by atoms with van der Waals surface area (Å²) in [5, 5.41) is 0. The number of benzene rings is 1. The van der Waals surface area contributed by atoms with E-state index in [4.69, 9.17) is 9.47 Å². The minimum atomic E-state index is 0.386. The number of hydrogen-bond donors (Lipinski definition) is 0. The Bertz CT molecular complexity index is 662. The molecule has 4 nitrogen and oxygen atoms in total. The molecule has 1 aromatic rings. The quantitative estimate of drug-likeness (QED) is 0.518. The molecule has 0 N–H and O–H groups in total. The first kappa shape index (κ1) is 23.4. The van der Waals surface area contributed by atoms with Gasteiger partial charge in [0.05, 0.1) is 6.61 Å². The van der Waals surface area contributed by atoms with Crippen LogP contribution in [0.25, 0.3) is 0 Å². The van der Waals surface area contributed by atoms with Gasteiger partial charge in [-0.2, -0.15) is 0 Å². The van der Waals surface area contributed by atoms with Gasteiger partial charge in [-0.1, -0.05) is 40.7 Å². The van der Waals surface area contributed by atoms with Crippen LogP contribution in [-0.2, 0) is 4.74 Å². The highest BCUT2D eigenvalue weighted by Crippen LogP contribution is 2.53. The standard InChI is InChI=1S/C26H44N2O2/c1-7-10-27-11-13-28(14-12-27)24-17-22(30-16-15-29-6)8-9-23(24)21-18-25(2,3)20-26(4,5)19-21/h8-9,17,21H,7,10-16,18-20H2,1-6H3. The van der Waals surface area contributed by atoms with Crippen LogP contribution in [0.2, 0.25) is 0 Å². The second-order valence-electron chi connectivity index (χ2n) is 11.0. The van der Waals surface area contributed by atoms with Gasteiger partial charge in [0, 0.05) is 45.0 Å². The maximum Gasteiger partial charge on any atom is 0.121 e. The molecular weight excluding hydrogens is 372 g/mol. The molecule has 4 heteroatoms. The first-order valence-corrected chi connectivity index (χ1v) is 12.0. The van der Waals surface area contributed by atoms with Crippen molar-refractivity contribution in [2.75, 3.05) is 57.9 Å². The molecule has 0 aromatic heterocycles. The monoisotopic (exact) mass is 416 g/mol. The van der Waals surface area contributed by atoms with Gasteiger partial charge in [-0.25, -0.2) is 0 Å². The van der Waals surface area contributed by atoms with Gasteiger partial charge < -0.3 is 14.4 Å². The summed E-state index contributed by atoms with van der Waals surface area (Å²) in [7, 11) is 1.72. The van der Waals surface area contributed by atoms with E-state index in [0.29, 0.717) is 30.0 Å². The molecular formula is C26H44N2O2. The largest absolute Gasteiger partial charge is 0.491 e. The molecule has 3 rings (SSSR count). The Balaban J connectivity index is 1.86. The predicted octanol–water partition coefficient (Wildman–Crippen LogP) is 5.56. The highest BCUT2D eigenvalue weighted by Gasteiger charge is 2.40. The van der Waals surface area contributed by atoms with Crippen LogP contribution in [0.15, 0.2) is 18.2 Å². The zero-order chi connectivity index (χ0) is 21.8. The molecule has 0 bridgehead atoms. The van der Waals surface area contributed by atoms with Crippen molar-refractivity contribution in [3.05, 3.63) is 23.8 Å². The minimum absolute atomic E-state index is 0.386. The van der Waals surface area contributed by atoms with Crippen molar-refractivity contribution in [3.63, 3.8) is 0 Å². The molecule has 0 radical (unpaired) electrons. The van der Waals surface area contributed by atoms with Gasteiger partial charge in [0.25, 0.3) is 0 Å². The van der Waals surface area contributed by atoms with E-state index in [2.05, 4.69) is 62.6 Å². The number of methoxy groups -OCH3 is 1. The summed E-state index contributed by atoms with van der Waals surface area (Å²) < 4.78 is 11.2. The Morgan fingerprint density at radius 3 is 2.23 bits per heavy atom.